The first-order valence-electron chi connectivity index (χ1n) is 6.01. The number of nitrogens with one attached hydrogen (secondary N) is 1. The van der Waals surface area contributed by atoms with Gasteiger partial charge >= 0.3 is 0 Å². The van der Waals surface area contributed by atoms with Crippen LogP contribution in [0.25, 0.3) is 0 Å². The van der Waals surface area contributed by atoms with Crippen molar-refractivity contribution in [2.75, 3.05) is 30.9 Å². The maximum Gasteiger partial charge on any atom is 0.179 e. The summed E-state index contributed by atoms with van der Waals surface area (Å²) in [5, 5.41) is 14.5. The molecule has 0 aliphatic rings. The Balaban J connectivity index is 2.72. The molecule has 20 heavy (non-hydrogen) atoms. The number of benzene rings is 1. The Hall–Kier alpha value is -1.25. The molecule has 0 unspecified atom stereocenters. The van der Waals surface area contributed by atoms with Crippen molar-refractivity contribution in [3.05, 3.63) is 29.8 Å². The van der Waals surface area contributed by atoms with Crippen LogP contribution in [0.1, 0.15) is 5.56 Å². The third-order valence-electron chi connectivity index (χ3n) is 2.63. The van der Waals surface area contributed by atoms with Gasteiger partial charge < -0.3 is 16.3 Å². The summed E-state index contributed by atoms with van der Waals surface area (Å²) >= 11 is 1.70. The summed E-state index contributed by atoms with van der Waals surface area (Å²) in [5.41, 5.74) is 5.83. The van der Waals surface area contributed by atoms with Gasteiger partial charge in [-0.1, -0.05) is 17.3 Å². The van der Waals surface area contributed by atoms with E-state index in [1.165, 1.54) is 12.1 Å². The molecule has 8 heteroatoms. The smallest absolute Gasteiger partial charge is 0.179 e. The highest BCUT2D eigenvalue weighted by molar-refractivity contribution is 7.98. The summed E-state index contributed by atoms with van der Waals surface area (Å²) in [7, 11) is -3.37. The molecule has 0 aliphatic carbocycles. The lowest BCUT2D eigenvalue weighted by Gasteiger charge is -2.07. The van der Waals surface area contributed by atoms with Crippen molar-refractivity contribution < 1.29 is 13.6 Å². The predicted octanol–water partition coefficient (Wildman–Crippen LogP) is 0.507. The van der Waals surface area contributed by atoms with Gasteiger partial charge in [-0.3, -0.25) is 0 Å². The highest BCUT2D eigenvalue weighted by Gasteiger charge is 2.15. The standard InChI is InChI=1S/C12H19N3O3S2/c1-19-7-5-14-6-8-20(17,18)11-4-2-3-10(9-11)12(13)15-16/h2-4,9,14,16H,5-8H2,1H3,(H2,13,15). The third kappa shape index (κ3) is 5.03. The van der Waals surface area contributed by atoms with Gasteiger partial charge in [0.1, 0.15) is 0 Å². The Labute approximate surface area is 123 Å². The van der Waals surface area contributed by atoms with Crippen molar-refractivity contribution in [3.8, 4) is 0 Å². The van der Waals surface area contributed by atoms with E-state index in [9.17, 15) is 8.42 Å². The molecule has 0 bridgehead atoms. The minimum atomic E-state index is -3.37. The quantitative estimate of drug-likeness (QED) is 0.212. The molecule has 0 amide bonds. The van der Waals surface area contributed by atoms with Crippen molar-refractivity contribution in [1.29, 1.82) is 0 Å². The monoisotopic (exact) mass is 317 g/mol. The molecule has 6 nitrogen and oxygen atoms in total. The largest absolute Gasteiger partial charge is 0.409 e. The molecule has 0 spiro atoms. The minimum Gasteiger partial charge on any atom is -0.409 e. The van der Waals surface area contributed by atoms with E-state index in [1.54, 1.807) is 23.9 Å². The first kappa shape index (κ1) is 16.8. The lowest BCUT2D eigenvalue weighted by molar-refractivity contribution is 0.318. The van der Waals surface area contributed by atoms with E-state index in [2.05, 4.69) is 10.5 Å². The maximum absolute atomic E-state index is 12.1. The van der Waals surface area contributed by atoms with Crippen LogP contribution in [0.4, 0.5) is 0 Å². The Kier molecular flexibility index (Phi) is 6.83. The van der Waals surface area contributed by atoms with Crippen LogP contribution in [0.3, 0.4) is 0 Å². The van der Waals surface area contributed by atoms with Crippen LogP contribution in [0.15, 0.2) is 34.3 Å². The Morgan fingerprint density at radius 2 is 2.20 bits per heavy atom. The van der Waals surface area contributed by atoms with Gasteiger partial charge in [-0.05, 0) is 18.4 Å². The van der Waals surface area contributed by atoms with Gasteiger partial charge in [0, 0.05) is 24.4 Å². The summed E-state index contributed by atoms with van der Waals surface area (Å²) < 4.78 is 24.3. The number of nitrogens with zero attached hydrogens (tertiary/aromatic N) is 1. The fourth-order valence-corrected chi connectivity index (χ4v) is 3.12. The van der Waals surface area contributed by atoms with Gasteiger partial charge in [0.15, 0.2) is 15.7 Å². The number of oxime groups is 1. The highest BCUT2D eigenvalue weighted by atomic mass is 32.2. The van der Waals surface area contributed by atoms with E-state index < -0.39 is 9.84 Å². The fraction of sp³-hybridized carbons (Fsp3) is 0.417. The van der Waals surface area contributed by atoms with Crippen molar-refractivity contribution in [3.63, 3.8) is 0 Å². The van der Waals surface area contributed by atoms with Gasteiger partial charge in [-0.25, -0.2) is 8.42 Å². The molecular formula is C12H19N3O3S2. The molecule has 0 saturated heterocycles. The average Bonchev–Trinajstić information content (AvgIpc) is 2.46. The number of amidine groups is 1. The second-order valence-corrected chi connectivity index (χ2v) is 7.17. The number of sulfone groups is 1. The molecule has 0 saturated carbocycles. The van der Waals surface area contributed by atoms with E-state index in [0.717, 1.165) is 12.3 Å². The Bertz CT molecular complexity index is 559. The number of nitrogens with two attached hydrogens (primary N) is 1. The second kappa shape index (κ2) is 8.13. The second-order valence-electron chi connectivity index (χ2n) is 4.07. The number of hydrogen-bond donors (Lipinski definition) is 3. The fourth-order valence-electron chi connectivity index (χ4n) is 1.53. The number of thioether (sulfide) groups is 1. The van der Waals surface area contributed by atoms with Gasteiger partial charge in [-0.2, -0.15) is 11.8 Å². The highest BCUT2D eigenvalue weighted by Crippen LogP contribution is 2.13. The van der Waals surface area contributed by atoms with Crippen molar-refractivity contribution in [2.45, 2.75) is 4.90 Å². The maximum atomic E-state index is 12.1. The van der Waals surface area contributed by atoms with Crippen molar-refractivity contribution >= 4 is 27.4 Å². The van der Waals surface area contributed by atoms with Crippen molar-refractivity contribution in [1.82, 2.24) is 5.32 Å². The molecule has 1 aromatic carbocycles. The third-order valence-corrected chi connectivity index (χ3v) is 4.95. The first-order valence-corrected chi connectivity index (χ1v) is 9.06. The number of rotatable bonds is 8. The zero-order valence-corrected chi connectivity index (χ0v) is 12.9. The molecule has 0 atom stereocenters. The van der Waals surface area contributed by atoms with Gasteiger partial charge in [0.25, 0.3) is 0 Å². The zero-order chi connectivity index (χ0) is 15.0. The first-order chi connectivity index (χ1) is 9.51. The molecule has 1 rings (SSSR count). The topological polar surface area (TPSA) is 105 Å². The zero-order valence-electron chi connectivity index (χ0n) is 11.2. The molecule has 1 aromatic rings. The summed E-state index contributed by atoms with van der Waals surface area (Å²) in [6.07, 6.45) is 2.00. The van der Waals surface area contributed by atoms with Crippen LogP contribution < -0.4 is 11.1 Å². The van der Waals surface area contributed by atoms with Crippen LogP contribution in [0, 0.1) is 0 Å². The van der Waals surface area contributed by atoms with Crippen LogP contribution in [0.2, 0.25) is 0 Å². The molecule has 0 aromatic heterocycles. The van der Waals surface area contributed by atoms with Gasteiger partial charge in [0.2, 0.25) is 0 Å². The van der Waals surface area contributed by atoms with E-state index in [-0.39, 0.29) is 16.5 Å². The summed E-state index contributed by atoms with van der Waals surface area (Å²) in [6.45, 7) is 1.18. The van der Waals surface area contributed by atoms with E-state index in [1.807, 2.05) is 6.26 Å². The molecule has 0 fully saturated rings. The summed E-state index contributed by atoms with van der Waals surface area (Å²) in [4.78, 5) is 0.174. The molecule has 112 valence electrons. The average molecular weight is 317 g/mol. The minimum absolute atomic E-state index is 0.0149. The van der Waals surface area contributed by atoms with Crippen LogP contribution >= 0.6 is 11.8 Å². The van der Waals surface area contributed by atoms with E-state index in [0.29, 0.717) is 12.1 Å². The Morgan fingerprint density at radius 1 is 1.45 bits per heavy atom. The van der Waals surface area contributed by atoms with Crippen LogP contribution in [0.5, 0.6) is 0 Å². The number of hydrogen-bond acceptors (Lipinski definition) is 6. The van der Waals surface area contributed by atoms with Crippen LogP contribution in [-0.2, 0) is 9.84 Å². The predicted molar refractivity (Wildman–Crippen MR) is 82.3 cm³/mol. The molecule has 0 aliphatic heterocycles. The molecule has 0 heterocycles. The lowest BCUT2D eigenvalue weighted by atomic mass is 10.2. The SMILES string of the molecule is CSCCNCCS(=O)(=O)c1cccc(/C(N)=N/O)c1. The molecular weight excluding hydrogens is 298 g/mol. The van der Waals surface area contributed by atoms with E-state index in [4.69, 9.17) is 10.9 Å². The lowest BCUT2D eigenvalue weighted by Crippen LogP contribution is -2.25. The van der Waals surface area contributed by atoms with Crippen LogP contribution in [-0.4, -0.2) is 50.3 Å². The van der Waals surface area contributed by atoms with Gasteiger partial charge in [0.05, 0.1) is 10.6 Å². The normalized spacial score (nSPS) is 12.6. The summed E-state index contributed by atoms with van der Waals surface area (Å²) in [6, 6.07) is 6.07. The Morgan fingerprint density at radius 3 is 2.85 bits per heavy atom. The molecule has 0 radical (unpaired) electrons. The summed E-state index contributed by atoms with van der Waals surface area (Å²) in [5.74, 6) is 0.847. The van der Waals surface area contributed by atoms with Gasteiger partial charge in [-0.15, -0.1) is 0 Å². The molecule has 4 N–H and O–H groups in total. The van der Waals surface area contributed by atoms with Crippen molar-refractivity contribution in [2.24, 2.45) is 10.9 Å². The van der Waals surface area contributed by atoms with E-state index >= 15 is 0 Å².